The Bertz CT molecular complexity index is 1080. The molecule has 2 aromatic rings. The third kappa shape index (κ3) is 7.90. The molecule has 2 rings (SSSR count). The molecule has 1 N–H and O–H groups in total. The van der Waals surface area contributed by atoms with E-state index in [4.69, 9.17) is 4.74 Å². The van der Waals surface area contributed by atoms with E-state index in [0.717, 1.165) is 41.0 Å². The maximum atomic E-state index is 12.6. The molecule has 0 fully saturated rings. The number of ketones is 1. The molecule has 0 saturated heterocycles. The van der Waals surface area contributed by atoms with Crippen LogP contribution in [0.3, 0.4) is 0 Å². The van der Waals surface area contributed by atoms with Gasteiger partial charge in [-0.3, -0.25) is 9.69 Å². The number of carbonyl (C=O) groups excluding carboxylic acids is 1. The van der Waals surface area contributed by atoms with Crippen molar-refractivity contribution in [2.45, 2.75) is 70.9 Å². The van der Waals surface area contributed by atoms with Gasteiger partial charge in [-0.15, -0.1) is 11.3 Å². The van der Waals surface area contributed by atoms with Crippen LogP contribution in [0, 0.1) is 19.3 Å². The minimum Gasteiger partial charge on any atom is -0.486 e. The molecule has 0 aliphatic heterocycles. The van der Waals surface area contributed by atoms with Crippen LogP contribution >= 0.6 is 11.3 Å². The first-order chi connectivity index (χ1) is 15.7. The summed E-state index contributed by atoms with van der Waals surface area (Å²) < 4.78 is 34.1. The van der Waals surface area contributed by atoms with Crippen molar-refractivity contribution in [1.29, 1.82) is 0 Å². The lowest BCUT2D eigenvalue weighted by Gasteiger charge is -2.19. The Labute approximate surface area is 209 Å². The van der Waals surface area contributed by atoms with E-state index in [1.807, 2.05) is 60.8 Å². The van der Waals surface area contributed by atoms with Gasteiger partial charge in [-0.25, -0.2) is 8.42 Å². The summed E-state index contributed by atoms with van der Waals surface area (Å²) in [6.07, 6.45) is 2.75. The van der Waals surface area contributed by atoms with E-state index in [0.29, 0.717) is 10.1 Å². The summed E-state index contributed by atoms with van der Waals surface area (Å²) in [5, 5.41) is 0. The summed E-state index contributed by atoms with van der Waals surface area (Å²) in [4.78, 5) is 15.0. The SMILES string of the molecule is CCC(CCc1cc(C)c(S(=O)(=O)NCN(C)C)s1)c1ccc(OCC(=O)C(C)(C)C)c(C)c1. The van der Waals surface area contributed by atoms with E-state index in [-0.39, 0.29) is 19.1 Å². The van der Waals surface area contributed by atoms with Crippen LogP contribution in [0.15, 0.2) is 28.5 Å². The van der Waals surface area contributed by atoms with Gasteiger partial charge in [0.25, 0.3) is 10.0 Å². The number of rotatable bonds is 12. The maximum Gasteiger partial charge on any atom is 0.251 e. The summed E-state index contributed by atoms with van der Waals surface area (Å²) in [5.41, 5.74) is 2.64. The molecule has 1 atom stereocenters. The van der Waals surface area contributed by atoms with Gasteiger partial charge in [0.1, 0.15) is 16.6 Å². The van der Waals surface area contributed by atoms with E-state index < -0.39 is 15.4 Å². The standard InChI is InChI=1S/C26H40N2O4S2/c1-9-20(21-11-13-23(18(2)14-21)32-16-24(29)26(4,5)6)10-12-22-15-19(3)25(33-22)34(30,31)27-17-28(7)8/h11,13-15,20,27H,9-10,12,16-17H2,1-8H3. The molecule has 1 aromatic heterocycles. The fourth-order valence-corrected chi connectivity index (χ4v) is 6.46. The largest absolute Gasteiger partial charge is 0.486 e. The maximum absolute atomic E-state index is 12.6. The first-order valence-electron chi connectivity index (χ1n) is 11.7. The number of benzene rings is 1. The third-order valence-electron chi connectivity index (χ3n) is 5.84. The molecule has 0 aliphatic carbocycles. The van der Waals surface area contributed by atoms with E-state index in [9.17, 15) is 13.2 Å². The Hall–Kier alpha value is -1.74. The van der Waals surface area contributed by atoms with Gasteiger partial charge in [0.2, 0.25) is 0 Å². The second-order valence-electron chi connectivity index (χ2n) is 10.2. The van der Waals surface area contributed by atoms with Crippen molar-refractivity contribution in [1.82, 2.24) is 9.62 Å². The summed E-state index contributed by atoms with van der Waals surface area (Å²) in [6, 6.07) is 8.18. The molecule has 1 unspecified atom stereocenters. The average Bonchev–Trinajstić information content (AvgIpc) is 3.12. The van der Waals surface area contributed by atoms with Gasteiger partial charge in [0.05, 0.1) is 6.67 Å². The van der Waals surface area contributed by atoms with Crippen LogP contribution in [0.4, 0.5) is 0 Å². The first-order valence-corrected chi connectivity index (χ1v) is 14.0. The van der Waals surface area contributed by atoms with Crippen molar-refractivity contribution in [3.8, 4) is 5.75 Å². The molecular formula is C26H40N2O4S2. The third-order valence-corrected chi connectivity index (χ3v) is 9.15. The molecule has 34 heavy (non-hydrogen) atoms. The second-order valence-corrected chi connectivity index (χ2v) is 13.3. The van der Waals surface area contributed by atoms with Crippen LogP contribution in [-0.4, -0.2) is 46.5 Å². The summed E-state index contributed by atoms with van der Waals surface area (Å²) in [6.45, 7) is 12.1. The van der Waals surface area contributed by atoms with E-state index >= 15 is 0 Å². The average molecular weight is 509 g/mol. The molecule has 0 aliphatic rings. The predicted molar refractivity (Wildman–Crippen MR) is 140 cm³/mol. The van der Waals surface area contributed by atoms with Crippen LogP contribution in [0.5, 0.6) is 5.75 Å². The molecule has 0 saturated carbocycles. The lowest BCUT2D eigenvalue weighted by Crippen LogP contribution is -2.32. The number of sulfonamides is 1. The number of Topliss-reactive ketones (excluding diaryl/α,β-unsaturated/α-hetero) is 1. The highest BCUT2D eigenvalue weighted by molar-refractivity contribution is 7.91. The van der Waals surface area contributed by atoms with Gasteiger partial charge < -0.3 is 4.74 Å². The van der Waals surface area contributed by atoms with Crippen LogP contribution in [-0.2, 0) is 21.2 Å². The minimum atomic E-state index is -3.50. The quantitative estimate of drug-likeness (QED) is 0.395. The van der Waals surface area contributed by atoms with Gasteiger partial charge in [-0.05, 0) is 81.9 Å². The topological polar surface area (TPSA) is 75.7 Å². The highest BCUT2D eigenvalue weighted by Crippen LogP contribution is 2.32. The molecule has 1 heterocycles. The zero-order valence-corrected chi connectivity index (χ0v) is 23.5. The zero-order chi connectivity index (χ0) is 25.7. The van der Waals surface area contributed by atoms with Crippen molar-refractivity contribution in [2.24, 2.45) is 5.41 Å². The van der Waals surface area contributed by atoms with Crippen LogP contribution in [0.2, 0.25) is 0 Å². The molecule has 6 nitrogen and oxygen atoms in total. The second kappa shape index (κ2) is 11.8. The number of nitrogens with one attached hydrogen (secondary N) is 1. The highest BCUT2D eigenvalue weighted by Gasteiger charge is 2.23. The molecule has 190 valence electrons. The number of ether oxygens (including phenoxy) is 1. The fraction of sp³-hybridized carbons (Fsp3) is 0.577. The molecule has 8 heteroatoms. The molecule has 1 aromatic carbocycles. The first kappa shape index (κ1) is 28.5. The minimum absolute atomic E-state index is 0.0759. The van der Waals surface area contributed by atoms with E-state index in [1.165, 1.54) is 16.9 Å². The van der Waals surface area contributed by atoms with Crippen LogP contribution < -0.4 is 9.46 Å². The number of hydrogen-bond acceptors (Lipinski definition) is 6. The van der Waals surface area contributed by atoms with Crippen LogP contribution in [0.1, 0.15) is 68.0 Å². The molecule has 0 amide bonds. The van der Waals surface area contributed by atoms with Gasteiger partial charge in [-0.2, -0.15) is 4.72 Å². The molecular weight excluding hydrogens is 468 g/mol. The van der Waals surface area contributed by atoms with Crippen molar-refractivity contribution in [3.63, 3.8) is 0 Å². The zero-order valence-electron chi connectivity index (χ0n) is 21.8. The van der Waals surface area contributed by atoms with E-state index in [2.05, 4.69) is 23.8 Å². The lowest BCUT2D eigenvalue weighted by atomic mass is 9.90. The van der Waals surface area contributed by atoms with Crippen molar-refractivity contribution < 1.29 is 17.9 Å². The molecule has 0 spiro atoms. The number of nitrogens with zero attached hydrogens (tertiary/aromatic N) is 1. The number of aryl methyl sites for hydroxylation is 3. The van der Waals surface area contributed by atoms with Crippen LogP contribution in [0.25, 0.3) is 0 Å². The normalized spacial score (nSPS) is 13.3. The van der Waals surface area contributed by atoms with Gasteiger partial charge in [0.15, 0.2) is 5.78 Å². The number of thiophene rings is 1. The lowest BCUT2D eigenvalue weighted by molar-refractivity contribution is -0.128. The van der Waals surface area contributed by atoms with Crippen molar-refractivity contribution >= 4 is 27.1 Å². The summed E-state index contributed by atoms with van der Waals surface area (Å²) >= 11 is 1.36. The van der Waals surface area contributed by atoms with E-state index in [1.54, 1.807) is 4.90 Å². The van der Waals surface area contributed by atoms with Gasteiger partial charge in [-0.1, -0.05) is 39.8 Å². The fourth-order valence-electron chi connectivity index (χ4n) is 3.57. The Kier molecular flexibility index (Phi) is 9.89. The van der Waals surface area contributed by atoms with Crippen molar-refractivity contribution in [2.75, 3.05) is 27.4 Å². The Morgan fingerprint density at radius 1 is 1.15 bits per heavy atom. The molecule has 0 bridgehead atoms. The van der Waals surface area contributed by atoms with Gasteiger partial charge in [0, 0.05) is 10.3 Å². The van der Waals surface area contributed by atoms with Crippen molar-refractivity contribution in [3.05, 3.63) is 45.8 Å². The Morgan fingerprint density at radius 2 is 1.82 bits per heavy atom. The summed E-state index contributed by atoms with van der Waals surface area (Å²) in [5.74, 6) is 1.18. The number of carbonyl (C=O) groups is 1. The summed E-state index contributed by atoms with van der Waals surface area (Å²) in [7, 11) is 0.147. The smallest absolute Gasteiger partial charge is 0.251 e. The Morgan fingerprint density at radius 3 is 2.38 bits per heavy atom. The highest BCUT2D eigenvalue weighted by atomic mass is 32.2. The number of hydrogen-bond donors (Lipinski definition) is 1. The monoisotopic (exact) mass is 508 g/mol. The predicted octanol–water partition coefficient (Wildman–Crippen LogP) is 5.28. The molecule has 0 radical (unpaired) electrons. The van der Waals surface area contributed by atoms with Gasteiger partial charge >= 0.3 is 0 Å². The Balaban J connectivity index is 2.06.